The summed E-state index contributed by atoms with van der Waals surface area (Å²) in [6.45, 7) is -0.505. The van der Waals surface area contributed by atoms with Crippen LogP contribution in [0.4, 0.5) is 0 Å². The Morgan fingerprint density at radius 3 is 1.85 bits per heavy atom. The fourth-order valence-electron chi connectivity index (χ4n) is 7.75. The second-order valence-electron chi connectivity index (χ2n) is 15.1. The van der Waals surface area contributed by atoms with E-state index in [2.05, 4.69) is 31.9 Å². The molecule has 328 valence electrons. The number of nitrogens with one attached hydrogen (secondary N) is 1. The van der Waals surface area contributed by atoms with Crippen molar-refractivity contribution in [2.24, 2.45) is 0 Å². The van der Waals surface area contributed by atoms with E-state index in [-0.39, 0.29) is 38.9 Å². The number of hydrogen-bond donors (Lipinski definition) is 1. The molecule has 9 rings (SSSR count). The normalized spacial score (nSPS) is 16.7. The number of esters is 3. The summed E-state index contributed by atoms with van der Waals surface area (Å²) in [6.07, 6.45) is -6.05. The van der Waals surface area contributed by atoms with Gasteiger partial charge in [-0.1, -0.05) is 128 Å². The van der Waals surface area contributed by atoms with E-state index in [0.717, 1.165) is 13.5 Å². The van der Waals surface area contributed by atoms with Gasteiger partial charge in [-0.3, -0.25) is 5.41 Å². The third kappa shape index (κ3) is 9.13. The lowest BCUT2D eigenvalue weighted by Gasteiger charge is -2.26. The molecule has 1 saturated heterocycles. The van der Waals surface area contributed by atoms with Crippen LogP contribution in [0.25, 0.3) is 39.1 Å². The van der Waals surface area contributed by atoms with Crippen molar-refractivity contribution in [2.75, 3.05) is 6.61 Å². The van der Waals surface area contributed by atoms with Crippen molar-refractivity contribution in [3.63, 3.8) is 0 Å². The van der Waals surface area contributed by atoms with E-state index in [9.17, 15) is 19.8 Å². The van der Waals surface area contributed by atoms with Gasteiger partial charge in [0.1, 0.15) is 18.2 Å². The second-order valence-corrected chi connectivity index (χ2v) is 17.4. The summed E-state index contributed by atoms with van der Waals surface area (Å²) in [5.41, 5.74) is 2.00. The minimum Gasteiger partial charge on any atom is -0.459 e. The minimum atomic E-state index is -1.63. The maximum atomic E-state index is 15.6. The highest BCUT2D eigenvalue weighted by molar-refractivity contribution is 9.10. The zero-order valence-corrected chi connectivity index (χ0v) is 38.4. The van der Waals surface area contributed by atoms with Crippen molar-refractivity contribution >= 4 is 72.4 Å². The zero-order chi connectivity index (χ0) is 45.9. The Balaban J connectivity index is 1.32. The number of aromatic nitrogens is 3. The molecule has 66 heavy (non-hydrogen) atoms. The Bertz CT molecular complexity index is 3240. The Hall–Kier alpha value is -6.97. The number of halogens is 3. The van der Waals surface area contributed by atoms with Crippen LogP contribution in [0.2, 0.25) is 5.02 Å². The van der Waals surface area contributed by atoms with Crippen molar-refractivity contribution in [3.05, 3.63) is 216 Å². The molecule has 3 heterocycles. The molecule has 15 heteroatoms. The lowest BCUT2D eigenvalue weighted by molar-refractivity contribution is -0.0625. The topological polar surface area (TPSA) is 152 Å². The van der Waals surface area contributed by atoms with E-state index in [1.807, 2.05) is 54.6 Å². The maximum absolute atomic E-state index is 15.6. The Morgan fingerprint density at radius 2 is 1.24 bits per heavy atom. The fraction of sp³-hybridized carbons (Fsp3) is 0.0980. The van der Waals surface area contributed by atoms with Gasteiger partial charge in [-0.2, -0.15) is 0 Å². The number of ether oxygens (including phenoxy) is 4. The third-order valence-corrected chi connectivity index (χ3v) is 12.1. The Kier molecular flexibility index (Phi) is 12.9. The average molecular weight is 1030 g/mol. The maximum Gasteiger partial charge on any atom is 0.338 e. The number of rotatable bonds is 11. The van der Waals surface area contributed by atoms with Crippen LogP contribution >= 0.6 is 43.5 Å². The molecule has 12 nitrogen and oxygen atoms in total. The van der Waals surface area contributed by atoms with Gasteiger partial charge in [-0.25, -0.2) is 33.3 Å². The zero-order valence-electron chi connectivity index (χ0n) is 34.4. The summed E-state index contributed by atoms with van der Waals surface area (Å²) in [5.74, 6) is -2.33. The highest BCUT2D eigenvalue weighted by atomic mass is 79.9. The first kappa shape index (κ1) is 44.2. The van der Waals surface area contributed by atoms with Gasteiger partial charge in [0.05, 0.1) is 33.5 Å². The second kappa shape index (κ2) is 19.2. The molecule has 0 saturated carbocycles. The van der Waals surface area contributed by atoms with Crippen LogP contribution in [0.15, 0.2) is 184 Å². The summed E-state index contributed by atoms with van der Waals surface area (Å²) in [5, 5.41) is 10.3. The van der Waals surface area contributed by atoms with Gasteiger partial charge >= 0.3 is 23.6 Å². The van der Waals surface area contributed by atoms with E-state index < -0.39 is 54.7 Å². The molecular formula is C51H35Br2ClN4O8. The predicted octanol–water partition coefficient (Wildman–Crippen LogP) is 10.4. The molecule has 1 aliphatic rings. The molecule has 1 fully saturated rings. The number of fused-ring (bicyclic) bond motifs is 1. The van der Waals surface area contributed by atoms with Gasteiger partial charge in [-0.15, -0.1) is 0 Å². The first-order chi connectivity index (χ1) is 32.0. The molecule has 0 spiro atoms. The van der Waals surface area contributed by atoms with E-state index in [1.165, 1.54) is 10.6 Å². The largest absolute Gasteiger partial charge is 0.459 e. The molecule has 2 aromatic heterocycles. The standard InChI is InChI=1S/C51H35Br2ClN4O8/c52-35-24-22-30(23-25-35)40-28-39(34-18-10-19-36(53)26-34)42-45(55)57(38-21-11-20-37(54)27-38)51(62)58(46(42)56-40)47-44(66-50(61)33-16-8-3-9-17-33)43(65-49(60)32-14-6-2-7-15-32)41(64-47)29-63-48(59)31-12-4-1-5-13-31/h1-28,41,43-44,47,55H,29H2/t41-,43-,44-,47-/m1/s1. The lowest BCUT2D eigenvalue weighted by atomic mass is 9.99. The number of benzene rings is 6. The summed E-state index contributed by atoms with van der Waals surface area (Å²) < 4.78 is 29.1. The van der Waals surface area contributed by atoms with Crippen LogP contribution in [-0.2, 0) is 18.9 Å². The molecule has 6 aromatic carbocycles. The van der Waals surface area contributed by atoms with Crippen molar-refractivity contribution in [3.8, 4) is 28.1 Å². The summed E-state index contributed by atoms with van der Waals surface area (Å²) in [7, 11) is 0. The lowest BCUT2D eigenvalue weighted by Crippen LogP contribution is -2.46. The fourth-order valence-corrected chi connectivity index (χ4v) is 8.59. The first-order valence-electron chi connectivity index (χ1n) is 20.5. The van der Waals surface area contributed by atoms with Crippen LogP contribution in [-0.4, -0.2) is 56.9 Å². The Labute approximate surface area is 398 Å². The number of nitrogens with zero attached hydrogens (tertiary/aromatic N) is 3. The number of carbonyl (C=O) groups excluding carboxylic acids is 3. The quantitative estimate of drug-likeness (QED) is 0.0986. The van der Waals surface area contributed by atoms with Crippen LogP contribution in [0, 0.1) is 5.41 Å². The van der Waals surface area contributed by atoms with E-state index in [0.29, 0.717) is 27.4 Å². The van der Waals surface area contributed by atoms with Crippen LogP contribution in [0.1, 0.15) is 37.3 Å². The highest BCUT2D eigenvalue weighted by Crippen LogP contribution is 2.39. The third-order valence-electron chi connectivity index (χ3n) is 10.9. The number of carbonyl (C=O) groups is 3. The van der Waals surface area contributed by atoms with Crippen molar-refractivity contribution in [1.29, 1.82) is 5.41 Å². The molecule has 1 aliphatic heterocycles. The Morgan fingerprint density at radius 1 is 0.652 bits per heavy atom. The van der Waals surface area contributed by atoms with Crippen molar-refractivity contribution < 1.29 is 33.3 Å². The summed E-state index contributed by atoms with van der Waals surface area (Å²) in [4.78, 5) is 62.4. The molecule has 0 amide bonds. The average Bonchev–Trinajstić information content (AvgIpc) is 3.66. The van der Waals surface area contributed by atoms with Gasteiger partial charge in [-0.05, 0) is 96.1 Å². The van der Waals surface area contributed by atoms with Gasteiger partial charge in [0.15, 0.2) is 24.1 Å². The molecule has 8 aromatic rings. The summed E-state index contributed by atoms with van der Waals surface area (Å²) >= 11 is 13.7. The van der Waals surface area contributed by atoms with E-state index >= 15 is 4.79 Å². The van der Waals surface area contributed by atoms with Crippen LogP contribution in [0.5, 0.6) is 0 Å². The van der Waals surface area contributed by atoms with Crippen LogP contribution in [0.3, 0.4) is 0 Å². The molecule has 0 bridgehead atoms. The molecule has 4 atom stereocenters. The molecule has 0 aliphatic carbocycles. The summed E-state index contributed by atoms with van der Waals surface area (Å²) in [6, 6.07) is 47.8. The van der Waals surface area contributed by atoms with Gasteiger partial charge in [0.25, 0.3) is 0 Å². The smallest absolute Gasteiger partial charge is 0.338 e. The molecule has 1 N–H and O–H groups in total. The molecule has 0 unspecified atom stereocenters. The number of pyridine rings is 1. The number of hydrogen-bond acceptors (Lipinski definition) is 10. The van der Waals surface area contributed by atoms with Crippen molar-refractivity contribution in [1.82, 2.24) is 14.1 Å². The molecular weight excluding hydrogens is 992 g/mol. The molecule has 0 radical (unpaired) electrons. The van der Waals surface area contributed by atoms with E-state index in [1.54, 1.807) is 109 Å². The van der Waals surface area contributed by atoms with Crippen LogP contribution < -0.4 is 11.2 Å². The van der Waals surface area contributed by atoms with Crippen molar-refractivity contribution in [2.45, 2.75) is 24.5 Å². The first-order valence-corrected chi connectivity index (χ1v) is 22.4. The van der Waals surface area contributed by atoms with Gasteiger partial charge < -0.3 is 18.9 Å². The van der Waals surface area contributed by atoms with Gasteiger partial charge in [0.2, 0.25) is 0 Å². The monoisotopic (exact) mass is 1020 g/mol. The van der Waals surface area contributed by atoms with E-state index in [4.69, 9.17) is 35.5 Å². The highest BCUT2D eigenvalue weighted by Gasteiger charge is 2.52. The predicted molar refractivity (Wildman–Crippen MR) is 254 cm³/mol. The minimum absolute atomic E-state index is 0.0282. The van der Waals surface area contributed by atoms with Gasteiger partial charge in [0, 0.05) is 19.5 Å². The SMILES string of the molecule is N=c1c2c(-c3cccc(Br)c3)cc(-c3ccc(Br)cc3)nc2n([C@@H]2O[C@H](COC(=O)c3ccccc3)[C@@H](OC(=O)c3ccccc3)[C@H]2OC(=O)c2ccccc2)c(=O)n1-c1cccc(Cl)c1.